The lowest BCUT2D eigenvalue weighted by Gasteiger charge is -2.15. The van der Waals surface area contributed by atoms with Crippen molar-refractivity contribution in [2.75, 3.05) is 5.32 Å². The van der Waals surface area contributed by atoms with Crippen LogP contribution < -0.4 is 10.9 Å². The van der Waals surface area contributed by atoms with Crippen molar-refractivity contribution in [3.63, 3.8) is 0 Å². The molecule has 4 aromatic rings. The van der Waals surface area contributed by atoms with Crippen LogP contribution in [0.3, 0.4) is 0 Å². The molecule has 0 radical (unpaired) electrons. The summed E-state index contributed by atoms with van der Waals surface area (Å²) in [7, 11) is 0. The highest BCUT2D eigenvalue weighted by Crippen LogP contribution is 2.37. The summed E-state index contributed by atoms with van der Waals surface area (Å²) in [5, 5.41) is 15.7. The van der Waals surface area contributed by atoms with Crippen molar-refractivity contribution < 1.29 is 18.0 Å². The Hall–Kier alpha value is -3.49. The second kappa shape index (κ2) is 7.98. The average Bonchev–Trinajstić information content (AvgIpc) is 3.38. The Balaban J connectivity index is 1.73. The van der Waals surface area contributed by atoms with Crippen molar-refractivity contribution in [1.82, 2.24) is 9.55 Å². The molecule has 11 heteroatoms. The number of nitrogens with zero attached hydrogens (tertiary/aromatic N) is 3. The number of aromatic nitrogens is 2. The SMILES string of the molecule is N#Cc1csc(NC(=O)Cn2c(=O)ccc3cccc(C(F)(F)F)c32)c1-c1cscn1. The lowest BCUT2D eigenvalue weighted by atomic mass is 10.1. The zero-order valence-corrected chi connectivity index (χ0v) is 17.1. The van der Waals surface area contributed by atoms with E-state index in [2.05, 4.69) is 10.3 Å². The van der Waals surface area contributed by atoms with Gasteiger partial charge in [0, 0.05) is 16.8 Å². The fraction of sp³-hybridized carbons (Fsp3) is 0.100. The molecule has 0 spiro atoms. The summed E-state index contributed by atoms with van der Waals surface area (Å²) in [4.78, 5) is 29.2. The number of carbonyl (C=O) groups is 1. The molecule has 0 aliphatic carbocycles. The van der Waals surface area contributed by atoms with Gasteiger partial charge in [0.2, 0.25) is 5.91 Å². The van der Waals surface area contributed by atoms with Crippen LogP contribution in [0.25, 0.3) is 22.2 Å². The summed E-state index contributed by atoms with van der Waals surface area (Å²) < 4.78 is 41.3. The molecule has 0 saturated heterocycles. The molecule has 0 aliphatic heterocycles. The van der Waals surface area contributed by atoms with Crippen molar-refractivity contribution in [3.05, 3.63) is 68.1 Å². The number of anilines is 1. The van der Waals surface area contributed by atoms with E-state index in [1.54, 1.807) is 16.3 Å². The van der Waals surface area contributed by atoms with Crippen molar-refractivity contribution in [2.45, 2.75) is 12.7 Å². The molecule has 1 aromatic carbocycles. The van der Waals surface area contributed by atoms with Gasteiger partial charge >= 0.3 is 6.18 Å². The molecule has 4 rings (SSSR count). The van der Waals surface area contributed by atoms with Crippen molar-refractivity contribution in [1.29, 1.82) is 5.26 Å². The fourth-order valence-corrected chi connectivity index (χ4v) is 4.63. The van der Waals surface area contributed by atoms with E-state index >= 15 is 0 Å². The minimum absolute atomic E-state index is 0.188. The quantitative estimate of drug-likeness (QED) is 0.478. The van der Waals surface area contributed by atoms with Gasteiger partial charge < -0.3 is 5.32 Å². The highest BCUT2D eigenvalue weighted by molar-refractivity contribution is 7.15. The largest absolute Gasteiger partial charge is 0.418 e. The maximum atomic E-state index is 13.5. The third kappa shape index (κ3) is 3.95. The van der Waals surface area contributed by atoms with Gasteiger partial charge in [0.15, 0.2) is 0 Å². The number of hydrogen-bond donors (Lipinski definition) is 1. The molecule has 1 N–H and O–H groups in total. The zero-order chi connectivity index (χ0) is 22.2. The smallest absolute Gasteiger partial charge is 0.316 e. The summed E-state index contributed by atoms with van der Waals surface area (Å²) in [6.07, 6.45) is -4.70. The Labute approximate surface area is 180 Å². The number of nitriles is 1. The van der Waals surface area contributed by atoms with E-state index in [0.717, 1.165) is 28.0 Å². The first-order valence-electron chi connectivity index (χ1n) is 8.69. The van der Waals surface area contributed by atoms with Gasteiger partial charge in [-0.25, -0.2) is 4.98 Å². The third-order valence-corrected chi connectivity index (χ3v) is 5.95. The first kappa shape index (κ1) is 20.8. The summed E-state index contributed by atoms with van der Waals surface area (Å²) in [6.45, 7) is -0.625. The van der Waals surface area contributed by atoms with Gasteiger partial charge in [-0.15, -0.1) is 22.7 Å². The van der Waals surface area contributed by atoms with E-state index in [9.17, 15) is 28.0 Å². The van der Waals surface area contributed by atoms with Crippen LogP contribution in [0.5, 0.6) is 0 Å². The number of alkyl halides is 3. The van der Waals surface area contributed by atoms with Crippen LogP contribution in [0.2, 0.25) is 0 Å². The molecular weight excluding hydrogens is 449 g/mol. The number of thiazole rings is 1. The van der Waals surface area contributed by atoms with E-state index in [1.807, 2.05) is 6.07 Å². The van der Waals surface area contributed by atoms with Gasteiger partial charge in [0.05, 0.1) is 33.4 Å². The maximum absolute atomic E-state index is 13.5. The van der Waals surface area contributed by atoms with Crippen molar-refractivity contribution >= 4 is 44.5 Å². The number of nitrogens with one attached hydrogen (secondary N) is 1. The van der Waals surface area contributed by atoms with Crippen LogP contribution in [-0.2, 0) is 17.5 Å². The number of para-hydroxylation sites is 1. The molecule has 1 amide bonds. The number of halogens is 3. The lowest BCUT2D eigenvalue weighted by molar-refractivity contribution is -0.136. The molecule has 0 unspecified atom stereocenters. The molecule has 156 valence electrons. The average molecular weight is 460 g/mol. The topological polar surface area (TPSA) is 87.8 Å². The van der Waals surface area contributed by atoms with Gasteiger partial charge in [-0.3, -0.25) is 14.2 Å². The Morgan fingerprint density at radius 3 is 2.71 bits per heavy atom. The van der Waals surface area contributed by atoms with Crippen LogP contribution in [0, 0.1) is 11.3 Å². The second-order valence-electron chi connectivity index (χ2n) is 6.39. The molecule has 3 heterocycles. The molecule has 0 atom stereocenters. The number of pyridine rings is 1. The molecule has 31 heavy (non-hydrogen) atoms. The summed E-state index contributed by atoms with van der Waals surface area (Å²) in [5.41, 5.74) is 0.732. The first-order valence-corrected chi connectivity index (χ1v) is 10.5. The second-order valence-corrected chi connectivity index (χ2v) is 7.98. The van der Waals surface area contributed by atoms with Gasteiger partial charge in [-0.05, 0) is 17.5 Å². The van der Waals surface area contributed by atoms with Gasteiger partial charge in [0.25, 0.3) is 5.56 Å². The predicted molar refractivity (Wildman–Crippen MR) is 112 cm³/mol. The van der Waals surface area contributed by atoms with Gasteiger partial charge in [-0.1, -0.05) is 12.1 Å². The minimum atomic E-state index is -4.70. The Bertz CT molecular complexity index is 1380. The van der Waals surface area contributed by atoms with E-state index < -0.39 is 29.8 Å². The number of thiophene rings is 1. The number of rotatable bonds is 4. The van der Waals surface area contributed by atoms with E-state index in [-0.39, 0.29) is 10.9 Å². The van der Waals surface area contributed by atoms with E-state index in [4.69, 9.17) is 0 Å². The molecule has 0 fully saturated rings. The first-order chi connectivity index (χ1) is 14.8. The minimum Gasteiger partial charge on any atom is -0.316 e. The number of carbonyl (C=O) groups excluding carboxylic acids is 1. The molecule has 6 nitrogen and oxygen atoms in total. The van der Waals surface area contributed by atoms with Gasteiger partial charge in [-0.2, -0.15) is 18.4 Å². The summed E-state index contributed by atoms with van der Waals surface area (Å²) >= 11 is 2.41. The Morgan fingerprint density at radius 2 is 2.03 bits per heavy atom. The number of amides is 1. The molecule has 3 aromatic heterocycles. The monoisotopic (exact) mass is 460 g/mol. The fourth-order valence-electron chi connectivity index (χ4n) is 3.18. The Kier molecular flexibility index (Phi) is 5.34. The summed E-state index contributed by atoms with van der Waals surface area (Å²) in [5.74, 6) is -0.700. The number of hydrogen-bond acceptors (Lipinski definition) is 6. The van der Waals surface area contributed by atoms with Gasteiger partial charge in [0.1, 0.15) is 17.6 Å². The Morgan fingerprint density at radius 1 is 1.23 bits per heavy atom. The number of benzene rings is 1. The van der Waals surface area contributed by atoms with Crippen LogP contribution in [0.15, 0.2) is 51.4 Å². The molecule has 0 saturated carbocycles. The molecular formula is C20H11F3N4O2S2. The van der Waals surface area contributed by atoms with Crippen LogP contribution >= 0.6 is 22.7 Å². The maximum Gasteiger partial charge on any atom is 0.418 e. The third-order valence-electron chi connectivity index (χ3n) is 4.47. The van der Waals surface area contributed by atoms with Crippen LogP contribution in [-0.4, -0.2) is 15.5 Å². The predicted octanol–water partition coefficient (Wildman–Crippen LogP) is 4.72. The highest BCUT2D eigenvalue weighted by atomic mass is 32.1. The van der Waals surface area contributed by atoms with Crippen LogP contribution in [0.1, 0.15) is 11.1 Å². The van der Waals surface area contributed by atoms with Crippen molar-refractivity contribution in [3.8, 4) is 17.3 Å². The number of fused-ring (bicyclic) bond motifs is 1. The summed E-state index contributed by atoms with van der Waals surface area (Å²) in [6, 6.07) is 8.00. The highest BCUT2D eigenvalue weighted by Gasteiger charge is 2.34. The van der Waals surface area contributed by atoms with Crippen LogP contribution in [0.4, 0.5) is 18.2 Å². The standard InChI is InChI=1S/C20H11F3N4O2S2/c21-20(22,23)13-3-1-2-11-4-5-16(29)27(18(11)13)7-15(28)26-19-17(12(6-24)8-31-19)14-9-30-10-25-14/h1-5,8-10H,7H2,(H,26,28). The molecule has 0 aliphatic rings. The normalized spacial score (nSPS) is 11.4. The lowest BCUT2D eigenvalue weighted by Crippen LogP contribution is -2.28. The van der Waals surface area contributed by atoms with Crippen molar-refractivity contribution in [2.24, 2.45) is 0 Å². The zero-order valence-electron chi connectivity index (χ0n) is 15.4. The molecule has 0 bridgehead atoms. The van der Waals surface area contributed by atoms with E-state index in [1.165, 1.54) is 29.5 Å². The van der Waals surface area contributed by atoms with E-state index in [0.29, 0.717) is 21.8 Å².